The molecule has 0 aromatic heterocycles. The number of nitrogens with one attached hydrogen (secondary N) is 1. The van der Waals surface area contributed by atoms with Crippen LogP contribution in [-0.2, 0) is 6.54 Å². The first-order valence-corrected chi connectivity index (χ1v) is 9.59. The fourth-order valence-corrected chi connectivity index (χ4v) is 3.51. The number of rotatable bonds is 6. The predicted molar refractivity (Wildman–Crippen MR) is 111 cm³/mol. The molecule has 5 nitrogen and oxygen atoms in total. The number of carbonyl (C=O) groups is 1. The van der Waals surface area contributed by atoms with E-state index in [0.717, 1.165) is 37.4 Å². The molecule has 0 bridgehead atoms. The van der Waals surface area contributed by atoms with Crippen LogP contribution in [0.25, 0.3) is 0 Å². The summed E-state index contributed by atoms with van der Waals surface area (Å²) in [5, 5.41) is 12.5. The Labute approximate surface area is 161 Å². The Bertz CT molecular complexity index is 779. The van der Waals surface area contributed by atoms with Crippen molar-refractivity contribution in [1.82, 2.24) is 4.90 Å². The van der Waals surface area contributed by atoms with Crippen LogP contribution in [0.5, 0.6) is 0 Å². The Kier molecular flexibility index (Phi) is 6.01. The lowest BCUT2D eigenvalue weighted by molar-refractivity contribution is 0.0697. The van der Waals surface area contributed by atoms with Gasteiger partial charge in [-0.2, -0.15) is 0 Å². The molecule has 0 unspecified atom stereocenters. The highest BCUT2D eigenvalue weighted by atomic mass is 16.4. The lowest BCUT2D eigenvalue weighted by atomic mass is 10.1. The number of carboxylic acid groups (broad SMARTS) is 1. The van der Waals surface area contributed by atoms with Crippen LogP contribution in [0.2, 0.25) is 0 Å². The van der Waals surface area contributed by atoms with E-state index in [1.807, 2.05) is 12.1 Å². The average molecular weight is 367 g/mol. The maximum absolute atomic E-state index is 11.0. The molecule has 0 amide bonds. The molecule has 144 valence electrons. The Morgan fingerprint density at radius 3 is 2.33 bits per heavy atom. The summed E-state index contributed by atoms with van der Waals surface area (Å²) < 4.78 is 0. The molecule has 1 saturated heterocycles. The number of hydrogen-bond donors (Lipinski definition) is 2. The van der Waals surface area contributed by atoms with Crippen LogP contribution in [-0.4, -0.2) is 48.2 Å². The quantitative estimate of drug-likeness (QED) is 0.812. The molecule has 0 aliphatic carbocycles. The van der Waals surface area contributed by atoms with E-state index in [1.165, 1.54) is 11.3 Å². The minimum absolute atomic E-state index is 0.317. The summed E-state index contributed by atoms with van der Waals surface area (Å²) in [4.78, 5) is 15.9. The molecule has 1 fully saturated rings. The van der Waals surface area contributed by atoms with Gasteiger partial charge in [0.1, 0.15) is 0 Å². The van der Waals surface area contributed by atoms with Crippen molar-refractivity contribution in [3.05, 3.63) is 59.2 Å². The van der Waals surface area contributed by atoms with Crippen molar-refractivity contribution in [3.63, 3.8) is 0 Å². The van der Waals surface area contributed by atoms with E-state index in [2.05, 4.69) is 54.1 Å². The molecule has 0 spiro atoms. The highest BCUT2D eigenvalue weighted by Crippen LogP contribution is 2.24. The van der Waals surface area contributed by atoms with Crippen LogP contribution < -0.4 is 10.2 Å². The van der Waals surface area contributed by atoms with Crippen LogP contribution in [0.3, 0.4) is 0 Å². The Morgan fingerprint density at radius 2 is 1.74 bits per heavy atom. The maximum Gasteiger partial charge on any atom is 0.335 e. The lowest BCUT2D eigenvalue weighted by Crippen LogP contribution is -2.48. The second-order valence-corrected chi connectivity index (χ2v) is 7.53. The van der Waals surface area contributed by atoms with Crippen LogP contribution in [0.4, 0.5) is 11.4 Å². The fourth-order valence-electron chi connectivity index (χ4n) is 3.51. The van der Waals surface area contributed by atoms with Gasteiger partial charge >= 0.3 is 5.97 Å². The number of aromatic carboxylic acids is 1. The minimum atomic E-state index is -0.893. The van der Waals surface area contributed by atoms with Crippen molar-refractivity contribution < 1.29 is 9.90 Å². The maximum atomic E-state index is 11.0. The molecular formula is C22H29N3O2. The van der Waals surface area contributed by atoms with E-state index in [1.54, 1.807) is 12.1 Å². The van der Waals surface area contributed by atoms with Crippen LogP contribution >= 0.6 is 0 Å². The zero-order chi connectivity index (χ0) is 19.4. The summed E-state index contributed by atoms with van der Waals surface area (Å²) in [5.41, 5.74) is 4.98. The van der Waals surface area contributed by atoms with Crippen molar-refractivity contribution in [2.75, 3.05) is 36.4 Å². The van der Waals surface area contributed by atoms with Crippen molar-refractivity contribution in [2.24, 2.45) is 0 Å². The van der Waals surface area contributed by atoms with Crippen LogP contribution in [0.1, 0.15) is 35.3 Å². The average Bonchev–Trinajstić information content (AvgIpc) is 2.66. The van der Waals surface area contributed by atoms with Gasteiger partial charge in [0.2, 0.25) is 0 Å². The molecule has 1 aliphatic rings. The number of carboxylic acids is 1. The summed E-state index contributed by atoms with van der Waals surface area (Å²) in [7, 11) is 0. The Balaban J connectivity index is 1.64. The summed E-state index contributed by atoms with van der Waals surface area (Å²) >= 11 is 0. The van der Waals surface area contributed by atoms with E-state index >= 15 is 0 Å². The van der Waals surface area contributed by atoms with E-state index in [-0.39, 0.29) is 0 Å². The number of piperazine rings is 1. The molecule has 1 heterocycles. The summed E-state index contributed by atoms with van der Waals surface area (Å²) in [6, 6.07) is 14.2. The number of aryl methyl sites for hydroxylation is 1. The number of hydrogen-bond acceptors (Lipinski definition) is 4. The zero-order valence-corrected chi connectivity index (χ0v) is 16.4. The van der Waals surface area contributed by atoms with E-state index in [4.69, 9.17) is 5.11 Å². The van der Waals surface area contributed by atoms with Gasteiger partial charge in [0, 0.05) is 50.1 Å². The van der Waals surface area contributed by atoms with Gasteiger partial charge in [-0.3, -0.25) is 4.90 Å². The predicted octanol–water partition coefficient (Wildman–Crippen LogP) is 3.84. The molecule has 2 aromatic carbocycles. The van der Waals surface area contributed by atoms with Crippen LogP contribution in [0, 0.1) is 6.92 Å². The third-order valence-electron chi connectivity index (χ3n) is 5.17. The van der Waals surface area contributed by atoms with Gasteiger partial charge in [-0.05, 0) is 62.2 Å². The van der Waals surface area contributed by atoms with Gasteiger partial charge in [0.05, 0.1) is 5.56 Å². The molecule has 0 radical (unpaired) electrons. The third-order valence-corrected chi connectivity index (χ3v) is 5.17. The largest absolute Gasteiger partial charge is 0.478 e. The van der Waals surface area contributed by atoms with Crippen molar-refractivity contribution >= 4 is 17.3 Å². The fraction of sp³-hybridized carbons (Fsp3) is 0.409. The SMILES string of the molecule is Cc1cc(NCc2ccc(C(=O)O)cc2)cc(N2CCN(C(C)C)CC2)c1. The Morgan fingerprint density at radius 1 is 1.07 bits per heavy atom. The summed E-state index contributed by atoms with van der Waals surface area (Å²) in [6.07, 6.45) is 0. The molecular weight excluding hydrogens is 338 g/mol. The number of benzene rings is 2. The minimum Gasteiger partial charge on any atom is -0.478 e. The van der Waals surface area contributed by atoms with Gasteiger partial charge < -0.3 is 15.3 Å². The lowest BCUT2D eigenvalue weighted by Gasteiger charge is -2.38. The first-order valence-electron chi connectivity index (χ1n) is 9.59. The van der Waals surface area contributed by atoms with Crippen LogP contribution in [0.15, 0.2) is 42.5 Å². The molecule has 2 N–H and O–H groups in total. The van der Waals surface area contributed by atoms with E-state index < -0.39 is 5.97 Å². The van der Waals surface area contributed by atoms with E-state index in [9.17, 15) is 4.79 Å². The number of nitrogens with zero attached hydrogens (tertiary/aromatic N) is 2. The summed E-state index contributed by atoms with van der Waals surface area (Å²) in [5.74, 6) is -0.893. The first-order chi connectivity index (χ1) is 12.9. The van der Waals surface area contributed by atoms with Gasteiger partial charge in [-0.15, -0.1) is 0 Å². The normalized spacial score (nSPS) is 15.2. The second-order valence-electron chi connectivity index (χ2n) is 7.53. The molecule has 0 atom stereocenters. The van der Waals surface area contributed by atoms with Gasteiger partial charge in [-0.25, -0.2) is 4.79 Å². The smallest absolute Gasteiger partial charge is 0.335 e. The van der Waals surface area contributed by atoms with Crippen molar-refractivity contribution in [3.8, 4) is 0 Å². The first kappa shape index (κ1) is 19.2. The van der Waals surface area contributed by atoms with E-state index in [0.29, 0.717) is 18.2 Å². The third kappa shape index (κ3) is 5.01. The van der Waals surface area contributed by atoms with Gasteiger partial charge in [-0.1, -0.05) is 12.1 Å². The van der Waals surface area contributed by atoms with Crippen molar-refractivity contribution in [2.45, 2.75) is 33.4 Å². The van der Waals surface area contributed by atoms with Gasteiger partial charge in [0.15, 0.2) is 0 Å². The molecule has 0 saturated carbocycles. The van der Waals surface area contributed by atoms with Crippen molar-refractivity contribution in [1.29, 1.82) is 0 Å². The zero-order valence-electron chi connectivity index (χ0n) is 16.4. The molecule has 5 heteroatoms. The summed E-state index contributed by atoms with van der Waals surface area (Å²) in [6.45, 7) is 11.6. The Hall–Kier alpha value is -2.53. The second kappa shape index (κ2) is 8.44. The molecule has 1 aliphatic heterocycles. The monoisotopic (exact) mass is 367 g/mol. The molecule has 3 rings (SSSR count). The highest BCUT2D eigenvalue weighted by Gasteiger charge is 2.19. The topological polar surface area (TPSA) is 55.8 Å². The highest BCUT2D eigenvalue weighted by molar-refractivity contribution is 5.87. The standard InChI is InChI=1S/C22H29N3O2/c1-16(2)24-8-10-25(11-9-24)21-13-17(3)12-20(14-21)23-15-18-4-6-19(7-5-18)22(26)27/h4-7,12-14,16,23H,8-11,15H2,1-3H3,(H,26,27). The van der Waals surface area contributed by atoms with Gasteiger partial charge in [0.25, 0.3) is 0 Å². The molecule has 27 heavy (non-hydrogen) atoms. The number of anilines is 2. The molecule has 2 aromatic rings.